The zero-order valence-corrected chi connectivity index (χ0v) is 43.0. The number of amides is 5. The van der Waals surface area contributed by atoms with Crippen LogP contribution in [0.4, 0.5) is 32.6 Å². The molecule has 6 heterocycles. The number of benzene rings is 2. The number of hydrogen-bond donors (Lipinski definition) is 5. The van der Waals surface area contributed by atoms with Gasteiger partial charge in [-0.1, -0.05) is 35.3 Å². The van der Waals surface area contributed by atoms with Gasteiger partial charge in [0.25, 0.3) is 11.8 Å². The largest absolute Gasteiger partial charge is 0.481 e. The molecule has 4 aliphatic rings. The molecule has 23 nitrogen and oxygen atoms in total. The van der Waals surface area contributed by atoms with E-state index in [1.165, 1.54) is 38.7 Å². The first-order valence-corrected chi connectivity index (χ1v) is 25.1. The lowest BCUT2D eigenvalue weighted by Crippen LogP contribution is -2.40. The lowest BCUT2D eigenvalue weighted by molar-refractivity contribution is -0.143. The highest BCUT2D eigenvalue weighted by Crippen LogP contribution is 2.38. The fraction of sp³-hybridized carbons (Fsp3) is 0.346. The topological polar surface area (TPSA) is 314 Å². The molecule has 2 aromatic carbocycles. The number of carbonyl (C=O) groups is 8. The molecule has 2 aliphatic heterocycles. The number of ether oxygens (including phenoxy) is 4. The number of hydrogen-bond acceptors (Lipinski definition) is 17. The molecule has 25 heteroatoms. The fourth-order valence-electron chi connectivity index (χ4n) is 9.56. The Balaban J connectivity index is 0.000000170. The molecule has 4 aromatic heterocycles. The molecular weight excluding hydrogens is 1050 g/mol. The van der Waals surface area contributed by atoms with Gasteiger partial charge < -0.3 is 64.4 Å². The van der Waals surface area contributed by atoms with Gasteiger partial charge in [0.05, 0.1) is 70.9 Å². The Bertz CT molecular complexity index is 3200. The Morgan fingerprint density at radius 1 is 0.623 bits per heavy atom. The van der Waals surface area contributed by atoms with Gasteiger partial charge in [0.1, 0.15) is 41.7 Å². The SMILES string of the molecule is COC(=O)c1cccc2oc(C(=O)Nc3ccc(Cl)cn3)c(N)c12.COC(=O)c1cccc2oc(C(=O)Nc3ccc(Cl)cn3)c(NC(=O)C3CCC(N4CCOC4=O)CC3)c12.O=C(O)C1CCC(N2CCOC2=O)CC1. The van der Waals surface area contributed by atoms with E-state index in [4.69, 9.17) is 61.8 Å². The van der Waals surface area contributed by atoms with E-state index in [2.05, 4.69) is 25.9 Å². The number of aliphatic carboxylic acids is 1. The summed E-state index contributed by atoms with van der Waals surface area (Å²) in [6.45, 7) is 2.06. The van der Waals surface area contributed by atoms with Crippen LogP contribution in [0.15, 0.2) is 81.9 Å². The number of aromatic nitrogens is 2. The number of furan rings is 2. The maximum atomic E-state index is 13.4. The molecule has 0 bridgehead atoms. The van der Waals surface area contributed by atoms with E-state index >= 15 is 0 Å². The fourth-order valence-corrected chi connectivity index (χ4v) is 9.78. The Morgan fingerprint density at radius 2 is 1.08 bits per heavy atom. The van der Waals surface area contributed by atoms with Crippen LogP contribution in [-0.2, 0) is 28.5 Å². The number of carboxylic acid groups (broad SMARTS) is 1. The number of nitrogens with zero attached hydrogens (tertiary/aromatic N) is 4. The molecule has 10 rings (SSSR count). The number of halogens is 2. The van der Waals surface area contributed by atoms with Crippen molar-refractivity contribution in [2.45, 2.75) is 63.5 Å². The molecule has 0 spiro atoms. The molecule has 2 aliphatic carbocycles. The van der Waals surface area contributed by atoms with Crippen molar-refractivity contribution in [2.24, 2.45) is 11.8 Å². The van der Waals surface area contributed by atoms with Crippen molar-refractivity contribution in [3.8, 4) is 0 Å². The van der Waals surface area contributed by atoms with Gasteiger partial charge in [0.2, 0.25) is 17.4 Å². The molecule has 0 unspecified atom stereocenters. The van der Waals surface area contributed by atoms with Gasteiger partial charge in [-0.25, -0.2) is 29.1 Å². The summed E-state index contributed by atoms with van der Waals surface area (Å²) < 4.78 is 30.9. The Morgan fingerprint density at radius 3 is 1.52 bits per heavy atom. The zero-order chi connectivity index (χ0) is 54.9. The smallest absolute Gasteiger partial charge is 0.410 e. The summed E-state index contributed by atoms with van der Waals surface area (Å²) >= 11 is 11.6. The van der Waals surface area contributed by atoms with Crippen molar-refractivity contribution >= 4 is 116 Å². The Labute approximate surface area is 448 Å². The first kappa shape index (κ1) is 54.8. The van der Waals surface area contributed by atoms with E-state index in [9.17, 15) is 38.4 Å². The Kier molecular flexibility index (Phi) is 17.4. The second-order valence-corrected chi connectivity index (χ2v) is 18.9. The van der Waals surface area contributed by atoms with Gasteiger partial charge in [-0.15, -0.1) is 0 Å². The number of nitrogen functional groups attached to an aromatic ring is 1. The predicted octanol–water partition coefficient (Wildman–Crippen LogP) is 8.65. The molecule has 0 radical (unpaired) electrons. The summed E-state index contributed by atoms with van der Waals surface area (Å²) in [6, 6.07) is 15.9. The van der Waals surface area contributed by atoms with Crippen LogP contribution in [0.2, 0.25) is 10.0 Å². The lowest BCUT2D eigenvalue weighted by Gasteiger charge is -2.32. The number of pyridine rings is 2. The normalized spacial score (nSPS) is 18.9. The molecule has 6 N–H and O–H groups in total. The van der Waals surface area contributed by atoms with Crippen molar-refractivity contribution in [3.05, 3.63) is 106 Å². The van der Waals surface area contributed by atoms with Crippen LogP contribution in [0, 0.1) is 11.8 Å². The van der Waals surface area contributed by atoms with Gasteiger partial charge in [-0.05, 0) is 99.9 Å². The average molecular weight is 1100 g/mol. The second kappa shape index (κ2) is 24.5. The highest BCUT2D eigenvalue weighted by Gasteiger charge is 2.37. The summed E-state index contributed by atoms with van der Waals surface area (Å²) in [5.74, 6) is -3.85. The third kappa shape index (κ3) is 12.6. The van der Waals surface area contributed by atoms with Crippen LogP contribution in [0.1, 0.15) is 93.2 Å². The van der Waals surface area contributed by atoms with Gasteiger partial charge in [0, 0.05) is 30.4 Å². The number of carboxylic acids is 1. The van der Waals surface area contributed by atoms with E-state index < -0.39 is 29.7 Å². The molecule has 5 amide bonds. The third-order valence-corrected chi connectivity index (χ3v) is 13.9. The molecular formula is C52H52Cl2N8O15. The number of nitrogens with two attached hydrogens (primary N) is 1. The van der Waals surface area contributed by atoms with Crippen molar-refractivity contribution in [1.82, 2.24) is 19.8 Å². The first-order valence-electron chi connectivity index (χ1n) is 24.3. The molecule has 4 fully saturated rings. The predicted molar refractivity (Wildman–Crippen MR) is 278 cm³/mol. The number of nitrogens with one attached hydrogen (secondary N) is 3. The molecule has 77 heavy (non-hydrogen) atoms. The number of carbonyl (C=O) groups excluding carboxylic acids is 7. The van der Waals surface area contributed by atoms with E-state index in [1.807, 2.05) is 0 Å². The van der Waals surface area contributed by atoms with Crippen LogP contribution in [0.3, 0.4) is 0 Å². The maximum absolute atomic E-state index is 13.4. The maximum Gasteiger partial charge on any atom is 0.410 e. The number of methoxy groups -OCH3 is 2. The summed E-state index contributed by atoms with van der Waals surface area (Å²) in [4.78, 5) is 109. The highest BCUT2D eigenvalue weighted by molar-refractivity contribution is 6.31. The van der Waals surface area contributed by atoms with Gasteiger partial charge in [0.15, 0.2) is 0 Å². The highest BCUT2D eigenvalue weighted by atomic mass is 35.5. The van der Waals surface area contributed by atoms with Crippen LogP contribution in [0.25, 0.3) is 21.9 Å². The monoisotopic (exact) mass is 1100 g/mol. The van der Waals surface area contributed by atoms with Gasteiger partial charge >= 0.3 is 30.1 Å². The molecule has 0 atom stereocenters. The number of fused-ring (bicyclic) bond motifs is 2. The van der Waals surface area contributed by atoms with Gasteiger partial charge in [-0.2, -0.15) is 0 Å². The van der Waals surface area contributed by atoms with Crippen LogP contribution in [0.5, 0.6) is 0 Å². The number of anilines is 4. The number of cyclic esters (lactones) is 2. The van der Waals surface area contributed by atoms with Gasteiger partial charge in [-0.3, -0.25) is 19.2 Å². The van der Waals surface area contributed by atoms with Crippen LogP contribution >= 0.6 is 23.2 Å². The standard InChI is InChI=1S/C26H25ClN4O7.C16H12ClN3O4.C10H15NO4/c1-36-25(34)17-3-2-4-18-20(17)21(22(38-18)24(33)29-19-10-7-15(27)13-28-19)30-23(32)14-5-8-16(9-6-14)31-11-12-37-26(31)35;1-23-16(22)9-3-2-4-10-12(9)13(18)14(24-10)15(21)20-11-6-5-8(17)7-19-11;12-9(13)7-1-3-8(4-2-7)11-5-6-15-10(11)14/h2-4,7,10,13-14,16H,5-6,8-9,11-12H2,1H3,(H,30,32)(H,28,29,33);2-7H,18H2,1H3,(H,19,20,21);7-8H,1-6H2,(H,12,13). The molecule has 6 aromatic rings. The minimum Gasteiger partial charge on any atom is -0.481 e. The zero-order valence-electron chi connectivity index (χ0n) is 41.5. The minimum absolute atomic E-state index is 0.0305. The minimum atomic E-state index is -0.711. The third-order valence-electron chi connectivity index (χ3n) is 13.5. The summed E-state index contributed by atoms with van der Waals surface area (Å²) in [7, 11) is 2.51. The van der Waals surface area contributed by atoms with E-state index in [0.717, 1.165) is 12.8 Å². The van der Waals surface area contributed by atoms with Crippen molar-refractivity contribution in [2.75, 3.05) is 62.2 Å². The molecule has 404 valence electrons. The van der Waals surface area contributed by atoms with E-state index in [-0.39, 0.29) is 98.6 Å². The first-order chi connectivity index (χ1) is 37.0. The summed E-state index contributed by atoms with van der Waals surface area (Å²) in [5, 5.41) is 18.3. The van der Waals surface area contributed by atoms with E-state index in [1.54, 1.807) is 58.3 Å². The molecule has 2 saturated heterocycles. The van der Waals surface area contributed by atoms with Crippen molar-refractivity contribution in [3.63, 3.8) is 0 Å². The van der Waals surface area contributed by atoms with Crippen LogP contribution < -0.4 is 21.7 Å². The number of esters is 2. The van der Waals surface area contributed by atoms with E-state index in [0.29, 0.717) is 85.8 Å². The van der Waals surface area contributed by atoms with Crippen molar-refractivity contribution in [1.29, 1.82) is 0 Å². The van der Waals surface area contributed by atoms with Crippen molar-refractivity contribution < 1.29 is 71.2 Å². The summed E-state index contributed by atoms with van der Waals surface area (Å²) in [6.07, 6.45) is 7.54. The quantitative estimate of drug-likeness (QED) is 0.0598. The second-order valence-electron chi connectivity index (χ2n) is 18.1. The average Bonchev–Trinajstić information content (AvgIpc) is 4.26. The summed E-state index contributed by atoms with van der Waals surface area (Å²) in [5.41, 5.74) is 7.04. The Hall–Kier alpha value is -8.44. The molecule has 2 saturated carbocycles. The lowest BCUT2D eigenvalue weighted by atomic mass is 9.84. The van der Waals surface area contributed by atoms with Crippen LogP contribution in [-0.4, -0.2) is 125 Å². The number of rotatable bonds is 11.